The molecule has 3 amide bonds. The third-order valence-corrected chi connectivity index (χ3v) is 6.32. The SMILES string of the molecule is CNC(=O)c1ncc(N2CCN(C(=O)OCc3ccccc3)CC2)cc1NC1CN(C(=O)OC(C)(C)C)C1. The van der Waals surface area contributed by atoms with Gasteiger partial charge in [0.2, 0.25) is 0 Å². The van der Waals surface area contributed by atoms with Gasteiger partial charge in [-0.25, -0.2) is 14.6 Å². The van der Waals surface area contributed by atoms with E-state index in [4.69, 9.17) is 9.47 Å². The first-order valence-corrected chi connectivity index (χ1v) is 12.8. The largest absolute Gasteiger partial charge is 0.445 e. The van der Waals surface area contributed by atoms with E-state index in [9.17, 15) is 14.4 Å². The summed E-state index contributed by atoms with van der Waals surface area (Å²) in [7, 11) is 1.56. The number of nitrogens with zero attached hydrogens (tertiary/aromatic N) is 4. The van der Waals surface area contributed by atoms with Gasteiger partial charge in [-0.05, 0) is 32.4 Å². The molecule has 0 radical (unpaired) electrons. The van der Waals surface area contributed by atoms with Crippen LogP contribution in [-0.2, 0) is 16.1 Å². The van der Waals surface area contributed by atoms with E-state index in [1.807, 2.05) is 57.2 Å². The van der Waals surface area contributed by atoms with E-state index in [2.05, 4.69) is 20.5 Å². The Hall–Kier alpha value is -4.02. The zero-order valence-electron chi connectivity index (χ0n) is 22.4. The number of anilines is 2. The van der Waals surface area contributed by atoms with Gasteiger partial charge in [-0.15, -0.1) is 0 Å². The maximum atomic E-state index is 12.5. The van der Waals surface area contributed by atoms with Crippen molar-refractivity contribution in [2.45, 2.75) is 39.0 Å². The predicted octanol–water partition coefficient (Wildman–Crippen LogP) is 2.93. The van der Waals surface area contributed by atoms with Gasteiger partial charge >= 0.3 is 12.2 Å². The molecule has 2 aliphatic heterocycles. The minimum atomic E-state index is -0.553. The first-order valence-electron chi connectivity index (χ1n) is 12.8. The molecule has 0 aliphatic carbocycles. The van der Waals surface area contributed by atoms with Crippen LogP contribution in [0.1, 0.15) is 36.8 Å². The maximum absolute atomic E-state index is 12.5. The summed E-state index contributed by atoms with van der Waals surface area (Å²) >= 11 is 0. The van der Waals surface area contributed by atoms with Gasteiger partial charge in [-0.2, -0.15) is 0 Å². The van der Waals surface area contributed by atoms with Gasteiger partial charge in [0.05, 0.1) is 23.6 Å². The van der Waals surface area contributed by atoms with E-state index < -0.39 is 5.60 Å². The highest BCUT2D eigenvalue weighted by Crippen LogP contribution is 2.26. The molecule has 1 aromatic heterocycles. The Morgan fingerprint density at radius 1 is 1.00 bits per heavy atom. The quantitative estimate of drug-likeness (QED) is 0.593. The van der Waals surface area contributed by atoms with Crippen LogP contribution >= 0.6 is 0 Å². The fraction of sp³-hybridized carbons (Fsp3) is 0.481. The van der Waals surface area contributed by atoms with Crippen molar-refractivity contribution in [2.75, 3.05) is 56.5 Å². The van der Waals surface area contributed by atoms with Crippen molar-refractivity contribution < 1.29 is 23.9 Å². The molecule has 2 fully saturated rings. The van der Waals surface area contributed by atoms with E-state index in [1.54, 1.807) is 23.0 Å². The Kier molecular flexibility index (Phi) is 8.23. The van der Waals surface area contributed by atoms with Crippen LogP contribution in [0, 0.1) is 0 Å². The molecular weight excluding hydrogens is 488 g/mol. The van der Waals surface area contributed by atoms with Crippen LogP contribution < -0.4 is 15.5 Å². The molecule has 2 aromatic rings. The topological polar surface area (TPSA) is 116 Å². The van der Waals surface area contributed by atoms with Gasteiger partial charge in [0.15, 0.2) is 5.69 Å². The lowest BCUT2D eigenvalue weighted by Gasteiger charge is -2.40. The molecule has 204 valence electrons. The lowest BCUT2D eigenvalue weighted by molar-refractivity contribution is 0.0104. The van der Waals surface area contributed by atoms with E-state index in [0.29, 0.717) is 45.0 Å². The predicted molar refractivity (Wildman–Crippen MR) is 143 cm³/mol. The average Bonchev–Trinajstić information content (AvgIpc) is 2.88. The van der Waals surface area contributed by atoms with Crippen molar-refractivity contribution in [3.8, 4) is 0 Å². The smallest absolute Gasteiger partial charge is 0.410 e. The van der Waals surface area contributed by atoms with E-state index in [0.717, 1.165) is 11.3 Å². The second-order valence-electron chi connectivity index (χ2n) is 10.4. The summed E-state index contributed by atoms with van der Waals surface area (Å²) in [6.45, 7) is 8.93. The van der Waals surface area contributed by atoms with Gasteiger partial charge in [-0.1, -0.05) is 30.3 Å². The number of rotatable bonds is 6. The van der Waals surface area contributed by atoms with Gasteiger partial charge in [-0.3, -0.25) is 4.79 Å². The second kappa shape index (κ2) is 11.6. The van der Waals surface area contributed by atoms with Crippen molar-refractivity contribution in [2.24, 2.45) is 0 Å². The molecule has 0 atom stereocenters. The number of piperazine rings is 1. The molecule has 1 aromatic carbocycles. The number of amides is 3. The summed E-state index contributed by atoms with van der Waals surface area (Å²) in [5, 5.41) is 5.99. The van der Waals surface area contributed by atoms with Crippen molar-refractivity contribution in [3.05, 3.63) is 53.9 Å². The van der Waals surface area contributed by atoms with Crippen molar-refractivity contribution in [1.29, 1.82) is 0 Å². The van der Waals surface area contributed by atoms with E-state index in [-0.39, 0.29) is 36.4 Å². The molecule has 0 unspecified atom stereocenters. The highest BCUT2D eigenvalue weighted by Gasteiger charge is 2.34. The van der Waals surface area contributed by atoms with Crippen LogP contribution in [0.5, 0.6) is 0 Å². The van der Waals surface area contributed by atoms with Crippen molar-refractivity contribution in [1.82, 2.24) is 20.1 Å². The first kappa shape index (κ1) is 27.0. The monoisotopic (exact) mass is 524 g/mol. The fourth-order valence-electron chi connectivity index (χ4n) is 4.26. The number of likely N-dealkylation sites (tertiary alicyclic amines) is 1. The lowest BCUT2D eigenvalue weighted by atomic mass is 10.1. The molecule has 4 rings (SSSR count). The number of hydrogen-bond acceptors (Lipinski definition) is 8. The average molecular weight is 525 g/mol. The molecule has 11 heteroatoms. The summed E-state index contributed by atoms with van der Waals surface area (Å²) in [5.74, 6) is -0.298. The van der Waals surface area contributed by atoms with Gasteiger partial charge < -0.3 is 34.8 Å². The molecule has 2 aliphatic rings. The fourth-order valence-corrected chi connectivity index (χ4v) is 4.26. The number of nitrogens with one attached hydrogen (secondary N) is 2. The lowest BCUT2D eigenvalue weighted by Crippen LogP contribution is -2.58. The number of pyridine rings is 1. The Bertz CT molecular complexity index is 1140. The van der Waals surface area contributed by atoms with Crippen LogP contribution in [0.4, 0.5) is 21.0 Å². The Morgan fingerprint density at radius 3 is 2.32 bits per heavy atom. The standard InChI is InChI=1S/C27H36N6O5/c1-27(2,3)38-26(36)33-16-20(17-33)30-22-14-21(15-29-23(22)24(34)28-4)31-10-12-32(13-11-31)25(35)37-18-19-8-6-5-7-9-19/h5-9,14-15,20,30H,10-13,16-18H2,1-4H3,(H,28,34). The normalized spacial score (nSPS) is 15.9. The third-order valence-electron chi connectivity index (χ3n) is 6.32. The number of hydrogen-bond donors (Lipinski definition) is 2. The van der Waals surface area contributed by atoms with Gasteiger partial charge in [0, 0.05) is 46.3 Å². The molecule has 38 heavy (non-hydrogen) atoms. The molecule has 3 heterocycles. The zero-order valence-corrected chi connectivity index (χ0v) is 22.4. The minimum absolute atomic E-state index is 0.0285. The number of benzene rings is 1. The number of carbonyl (C=O) groups excluding carboxylic acids is 3. The summed E-state index contributed by atoms with van der Waals surface area (Å²) in [6, 6.07) is 11.5. The maximum Gasteiger partial charge on any atom is 0.410 e. The highest BCUT2D eigenvalue weighted by molar-refractivity contribution is 5.98. The van der Waals surface area contributed by atoms with E-state index in [1.165, 1.54) is 0 Å². The Labute approximate surface area is 223 Å². The van der Waals surface area contributed by atoms with Crippen LogP contribution in [-0.4, -0.2) is 90.8 Å². The summed E-state index contributed by atoms with van der Waals surface area (Å²) in [5.41, 5.74) is 2.13. The van der Waals surface area contributed by atoms with Crippen molar-refractivity contribution in [3.63, 3.8) is 0 Å². The molecular formula is C27H36N6O5. The van der Waals surface area contributed by atoms with Gasteiger partial charge in [0.25, 0.3) is 5.91 Å². The highest BCUT2D eigenvalue weighted by atomic mass is 16.6. The number of ether oxygens (including phenoxy) is 2. The molecule has 0 saturated carbocycles. The van der Waals surface area contributed by atoms with Crippen LogP contribution in [0.2, 0.25) is 0 Å². The summed E-state index contributed by atoms with van der Waals surface area (Å²) in [6.07, 6.45) is 0.991. The second-order valence-corrected chi connectivity index (χ2v) is 10.4. The Balaban J connectivity index is 1.34. The van der Waals surface area contributed by atoms with Crippen LogP contribution in [0.3, 0.4) is 0 Å². The molecule has 2 saturated heterocycles. The van der Waals surface area contributed by atoms with Crippen LogP contribution in [0.15, 0.2) is 42.6 Å². The Morgan fingerprint density at radius 2 is 1.68 bits per heavy atom. The number of carbonyl (C=O) groups is 3. The molecule has 0 bridgehead atoms. The van der Waals surface area contributed by atoms with Crippen LogP contribution in [0.25, 0.3) is 0 Å². The van der Waals surface area contributed by atoms with Crippen molar-refractivity contribution >= 4 is 29.5 Å². The first-order chi connectivity index (χ1) is 18.1. The summed E-state index contributed by atoms with van der Waals surface area (Å²) in [4.78, 5) is 47.1. The molecule has 0 spiro atoms. The van der Waals surface area contributed by atoms with Gasteiger partial charge in [0.1, 0.15) is 12.2 Å². The zero-order chi connectivity index (χ0) is 27.3. The number of aromatic nitrogens is 1. The third kappa shape index (κ3) is 6.84. The minimum Gasteiger partial charge on any atom is -0.445 e. The molecule has 2 N–H and O–H groups in total. The van der Waals surface area contributed by atoms with E-state index >= 15 is 0 Å². The molecule has 11 nitrogen and oxygen atoms in total. The summed E-state index contributed by atoms with van der Waals surface area (Å²) < 4.78 is 10.9.